The van der Waals surface area contributed by atoms with E-state index in [1.165, 1.54) is 18.2 Å². The molecule has 1 amide bonds. The zero-order valence-electron chi connectivity index (χ0n) is 12.4. The standard InChI is InChI=1S/C16H17N3O3/c1-11-3-5-13(6-4-11)17-10-16(20)18-15-8-7-14(19(21)22)9-12(15)2/h3-9,17H,10H2,1-2H3,(H,18,20). The number of amides is 1. The second-order valence-electron chi connectivity index (χ2n) is 5.02. The number of hydrogen-bond donors (Lipinski definition) is 2. The molecule has 0 radical (unpaired) electrons. The molecule has 0 fully saturated rings. The second kappa shape index (κ2) is 6.71. The lowest BCUT2D eigenvalue weighted by molar-refractivity contribution is -0.384. The fourth-order valence-electron chi connectivity index (χ4n) is 1.95. The summed E-state index contributed by atoms with van der Waals surface area (Å²) in [5.74, 6) is -0.211. The SMILES string of the molecule is Cc1ccc(NCC(=O)Nc2ccc([N+](=O)[O-])cc2C)cc1. The number of nitro groups is 1. The number of nitrogens with zero attached hydrogens (tertiary/aromatic N) is 1. The number of benzene rings is 2. The van der Waals surface area contributed by atoms with Gasteiger partial charge in [0, 0.05) is 23.5 Å². The Balaban J connectivity index is 1.94. The lowest BCUT2D eigenvalue weighted by Gasteiger charge is -2.10. The van der Waals surface area contributed by atoms with Crippen LogP contribution in [0.15, 0.2) is 42.5 Å². The Morgan fingerprint density at radius 2 is 1.82 bits per heavy atom. The van der Waals surface area contributed by atoms with Crippen LogP contribution in [0.1, 0.15) is 11.1 Å². The predicted molar refractivity (Wildman–Crippen MR) is 86.1 cm³/mol. The molecule has 0 bridgehead atoms. The summed E-state index contributed by atoms with van der Waals surface area (Å²) in [6, 6.07) is 12.1. The van der Waals surface area contributed by atoms with Crippen molar-refractivity contribution in [3.05, 3.63) is 63.7 Å². The summed E-state index contributed by atoms with van der Waals surface area (Å²) in [7, 11) is 0. The molecule has 2 rings (SSSR count). The number of non-ortho nitro benzene ring substituents is 1. The summed E-state index contributed by atoms with van der Waals surface area (Å²) in [6.07, 6.45) is 0. The van der Waals surface area contributed by atoms with E-state index in [4.69, 9.17) is 0 Å². The van der Waals surface area contributed by atoms with Gasteiger partial charge in [0.15, 0.2) is 0 Å². The Morgan fingerprint density at radius 3 is 2.41 bits per heavy atom. The maximum atomic E-state index is 11.9. The normalized spacial score (nSPS) is 10.1. The molecule has 2 aromatic rings. The molecule has 6 heteroatoms. The maximum absolute atomic E-state index is 11.9. The Labute approximate surface area is 128 Å². The third kappa shape index (κ3) is 4.05. The van der Waals surface area contributed by atoms with Gasteiger partial charge in [0.2, 0.25) is 5.91 Å². The molecule has 0 spiro atoms. The average Bonchev–Trinajstić information content (AvgIpc) is 2.48. The number of carbonyl (C=O) groups is 1. The highest BCUT2D eigenvalue weighted by atomic mass is 16.6. The van der Waals surface area contributed by atoms with E-state index in [1.807, 2.05) is 31.2 Å². The molecule has 2 aromatic carbocycles. The fourth-order valence-corrected chi connectivity index (χ4v) is 1.95. The quantitative estimate of drug-likeness (QED) is 0.655. The third-order valence-electron chi connectivity index (χ3n) is 3.20. The molecule has 0 aliphatic heterocycles. The smallest absolute Gasteiger partial charge is 0.269 e. The van der Waals surface area contributed by atoms with Crippen molar-refractivity contribution in [2.45, 2.75) is 13.8 Å². The Kier molecular flexibility index (Phi) is 4.73. The zero-order chi connectivity index (χ0) is 16.1. The number of nitrogens with one attached hydrogen (secondary N) is 2. The van der Waals surface area contributed by atoms with Gasteiger partial charge in [-0.05, 0) is 37.6 Å². The molecule has 6 nitrogen and oxygen atoms in total. The summed E-state index contributed by atoms with van der Waals surface area (Å²) >= 11 is 0. The zero-order valence-corrected chi connectivity index (χ0v) is 12.4. The van der Waals surface area contributed by atoms with Crippen molar-refractivity contribution in [2.75, 3.05) is 17.2 Å². The molecule has 0 aliphatic rings. The van der Waals surface area contributed by atoms with Crippen molar-refractivity contribution < 1.29 is 9.72 Å². The highest BCUT2D eigenvalue weighted by Crippen LogP contribution is 2.21. The number of aryl methyl sites for hydroxylation is 2. The van der Waals surface area contributed by atoms with E-state index in [0.29, 0.717) is 11.3 Å². The molecule has 0 atom stereocenters. The third-order valence-corrected chi connectivity index (χ3v) is 3.20. The molecule has 2 N–H and O–H groups in total. The van der Waals surface area contributed by atoms with Gasteiger partial charge < -0.3 is 10.6 Å². The first-order valence-electron chi connectivity index (χ1n) is 6.81. The first kappa shape index (κ1) is 15.5. The summed E-state index contributed by atoms with van der Waals surface area (Å²) < 4.78 is 0. The molecule has 0 saturated heterocycles. The highest BCUT2D eigenvalue weighted by molar-refractivity contribution is 5.94. The molecular weight excluding hydrogens is 282 g/mol. The Bertz CT molecular complexity index is 696. The van der Waals surface area contributed by atoms with Crippen molar-refractivity contribution in [1.82, 2.24) is 0 Å². The van der Waals surface area contributed by atoms with Crippen molar-refractivity contribution in [3.8, 4) is 0 Å². The minimum Gasteiger partial charge on any atom is -0.376 e. The van der Waals surface area contributed by atoms with Gasteiger partial charge in [-0.25, -0.2) is 0 Å². The van der Waals surface area contributed by atoms with Gasteiger partial charge in [-0.3, -0.25) is 14.9 Å². The number of rotatable bonds is 5. The van der Waals surface area contributed by atoms with Crippen LogP contribution in [-0.4, -0.2) is 17.4 Å². The van der Waals surface area contributed by atoms with Gasteiger partial charge in [0.1, 0.15) is 0 Å². The van der Waals surface area contributed by atoms with Crippen LogP contribution in [0.4, 0.5) is 17.1 Å². The van der Waals surface area contributed by atoms with Crippen LogP contribution >= 0.6 is 0 Å². The molecule has 0 unspecified atom stereocenters. The van der Waals surface area contributed by atoms with Gasteiger partial charge >= 0.3 is 0 Å². The molecule has 114 valence electrons. The molecule has 0 aliphatic carbocycles. The average molecular weight is 299 g/mol. The first-order valence-corrected chi connectivity index (χ1v) is 6.81. The Hall–Kier alpha value is -2.89. The lowest BCUT2D eigenvalue weighted by atomic mass is 10.2. The van der Waals surface area contributed by atoms with Crippen LogP contribution in [0.3, 0.4) is 0 Å². The Morgan fingerprint density at radius 1 is 1.14 bits per heavy atom. The number of anilines is 2. The van der Waals surface area contributed by atoms with Gasteiger partial charge in [-0.1, -0.05) is 17.7 Å². The van der Waals surface area contributed by atoms with Crippen LogP contribution in [0.2, 0.25) is 0 Å². The van der Waals surface area contributed by atoms with Gasteiger partial charge in [0.25, 0.3) is 5.69 Å². The van der Waals surface area contributed by atoms with E-state index in [1.54, 1.807) is 6.92 Å². The fraction of sp³-hybridized carbons (Fsp3) is 0.188. The molecular formula is C16H17N3O3. The summed E-state index contributed by atoms with van der Waals surface area (Å²) in [5.41, 5.74) is 3.24. The van der Waals surface area contributed by atoms with E-state index in [9.17, 15) is 14.9 Å². The minimum atomic E-state index is -0.461. The largest absolute Gasteiger partial charge is 0.376 e. The van der Waals surface area contributed by atoms with Gasteiger partial charge in [-0.15, -0.1) is 0 Å². The lowest BCUT2D eigenvalue weighted by Crippen LogP contribution is -2.22. The second-order valence-corrected chi connectivity index (χ2v) is 5.02. The van der Waals surface area contributed by atoms with Crippen molar-refractivity contribution in [1.29, 1.82) is 0 Å². The van der Waals surface area contributed by atoms with Crippen LogP contribution in [-0.2, 0) is 4.79 Å². The van der Waals surface area contributed by atoms with E-state index in [0.717, 1.165) is 11.3 Å². The topological polar surface area (TPSA) is 84.3 Å². The van der Waals surface area contributed by atoms with Crippen LogP contribution in [0.5, 0.6) is 0 Å². The summed E-state index contributed by atoms with van der Waals surface area (Å²) in [4.78, 5) is 22.1. The number of carbonyl (C=O) groups excluding carboxylic acids is 1. The van der Waals surface area contributed by atoms with E-state index in [-0.39, 0.29) is 18.1 Å². The predicted octanol–water partition coefficient (Wildman–Crippen LogP) is 3.26. The molecule has 0 heterocycles. The first-order chi connectivity index (χ1) is 10.5. The van der Waals surface area contributed by atoms with Crippen molar-refractivity contribution in [3.63, 3.8) is 0 Å². The van der Waals surface area contributed by atoms with E-state index < -0.39 is 4.92 Å². The van der Waals surface area contributed by atoms with Gasteiger partial charge in [-0.2, -0.15) is 0 Å². The summed E-state index contributed by atoms with van der Waals surface area (Å²) in [6.45, 7) is 3.84. The number of nitro benzene ring substituents is 1. The minimum absolute atomic E-state index is 0.00767. The molecule has 0 aromatic heterocycles. The molecule has 0 saturated carbocycles. The monoisotopic (exact) mass is 299 g/mol. The summed E-state index contributed by atoms with van der Waals surface area (Å²) in [5, 5.41) is 16.4. The van der Waals surface area contributed by atoms with Crippen molar-refractivity contribution in [2.24, 2.45) is 0 Å². The number of hydrogen-bond acceptors (Lipinski definition) is 4. The maximum Gasteiger partial charge on any atom is 0.269 e. The van der Waals surface area contributed by atoms with Crippen molar-refractivity contribution >= 4 is 23.0 Å². The van der Waals surface area contributed by atoms with E-state index in [2.05, 4.69) is 10.6 Å². The van der Waals surface area contributed by atoms with Crippen LogP contribution < -0.4 is 10.6 Å². The molecule has 22 heavy (non-hydrogen) atoms. The van der Waals surface area contributed by atoms with E-state index >= 15 is 0 Å². The highest BCUT2D eigenvalue weighted by Gasteiger charge is 2.10. The van der Waals surface area contributed by atoms with Crippen LogP contribution in [0.25, 0.3) is 0 Å². The van der Waals surface area contributed by atoms with Gasteiger partial charge in [0.05, 0.1) is 11.5 Å². The van der Waals surface area contributed by atoms with Crippen LogP contribution in [0, 0.1) is 24.0 Å².